The van der Waals surface area contributed by atoms with Crippen molar-refractivity contribution in [2.75, 3.05) is 0 Å². The van der Waals surface area contributed by atoms with Crippen LogP contribution < -0.4 is 10.1 Å². The second-order valence-corrected chi connectivity index (χ2v) is 8.39. The molecule has 3 atom stereocenters. The molecular weight excluding hydrogens is 505 g/mol. The van der Waals surface area contributed by atoms with E-state index in [0.717, 1.165) is 23.4 Å². The number of alkyl halides is 3. The fourth-order valence-corrected chi connectivity index (χ4v) is 3.58. The van der Waals surface area contributed by atoms with E-state index in [1.165, 1.54) is 13.1 Å². The molecule has 3 aromatic rings. The van der Waals surface area contributed by atoms with Crippen LogP contribution in [0.3, 0.4) is 0 Å². The monoisotopic (exact) mass is 532 g/mol. The number of hydrogen-bond acceptors (Lipinski definition) is 5. The van der Waals surface area contributed by atoms with Crippen LogP contribution in [0.1, 0.15) is 56.0 Å². The fraction of sp³-hybridized carbons (Fsp3) is 0.333. The van der Waals surface area contributed by atoms with Crippen LogP contribution in [-0.2, 0) is 17.4 Å². The first kappa shape index (κ1) is 29.6. The van der Waals surface area contributed by atoms with Crippen molar-refractivity contribution in [3.8, 4) is 11.9 Å². The number of halogens is 4. The molecule has 0 fully saturated rings. The van der Waals surface area contributed by atoms with Crippen LogP contribution in [0.15, 0.2) is 60.9 Å². The van der Waals surface area contributed by atoms with E-state index >= 15 is 0 Å². The smallest absolute Gasteiger partial charge is 0.417 e. The van der Waals surface area contributed by atoms with Gasteiger partial charge in [-0.1, -0.05) is 37.6 Å². The van der Waals surface area contributed by atoms with Crippen molar-refractivity contribution in [3.63, 3.8) is 0 Å². The average molecular weight is 533 g/mol. The quantitative estimate of drug-likeness (QED) is 0.365. The number of benzene rings is 1. The number of ether oxygens (including phenoxy) is 1. The maximum absolute atomic E-state index is 12.8. The van der Waals surface area contributed by atoms with E-state index < -0.39 is 29.8 Å². The zero-order valence-electron chi connectivity index (χ0n) is 20.9. The molecular formula is C27H28ClF3N4O2. The largest absolute Gasteiger partial charge is 0.465 e. The van der Waals surface area contributed by atoms with Crippen LogP contribution >= 0.6 is 11.6 Å². The highest BCUT2D eigenvalue weighted by Crippen LogP contribution is 2.29. The summed E-state index contributed by atoms with van der Waals surface area (Å²) in [7, 11) is 0. The van der Waals surface area contributed by atoms with Gasteiger partial charge in [0.1, 0.15) is 0 Å². The second-order valence-electron chi connectivity index (χ2n) is 7.96. The molecule has 0 radical (unpaired) electrons. The van der Waals surface area contributed by atoms with Gasteiger partial charge in [-0.25, -0.2) is 4.98 Å². The molecule has 3 unspecified atom stereocenters. The molecule has 0 saturated carbocycles. The van der Waals surface area contributed by atoms with Gasteiger partial charge in [0, 0.05) is 36.1 Å². The van der Waals surface area contributed by atoms with Crippen LogP contribution in [0.2, 0.25) is 5.02 Å². The lowest BCUT2D eigenvalue weighted by molar-refractivity contribution is -0.138. The highest BCUT2D eigenvalue weighted by atomic mass is 35.5. The van der Waals surface area contributed by atoms with Crippen molar-refractivity contribution in [1.29, 1.82) is 5.26 Å². The number of nitrogens with one attached hydrogen (secondary N) is 1. The molecule has 10 heteroatoms. The normalized spacial score (nSPS) is 13.3. The summed E-state index contributed by atoms with van der Waals surface area (Å²) in [4.78, 5) is 20.8. The molecule has 0 aliphatic heterocycles. The number of aromatic nitrogens is 2. The average Bonchev–Trinajstić information content (AvgIpc) is 2.89. The standard InChI is InChI=1S/C25H22ClF3N4O2.C2H6/c1-15(33-24(34)16(2)35-23-9-6-19(13-32-23)25(27,28)29)22(11-21-8-7-20(26)14-31-21)18-5-3-4-17(10-18)12-30;1-2/h3-10,13-16,22H,11H2,1-2H3,(H,33,34);1-2H3. The summed E-state index contributed by atoms with van der Waals surface area (Å²) >= 11 is 5.94. The molecule has 2 aromatic heterocycles. The maximum atomic E-state index is 12.8. The summed E-state index contributed by atoms with van der Waals surface area (Å²) in [6.45, 7) is 7.30. The lowest BCUT2D eigenvalue weighted by Gasteiger charge is -2.27. The minimum absolute atomic E-state index is 0.100. The van der Waals surface area contributed by atoms with E-state index in [1.807, 2.05) is 26.8 Å². The minimum Gasteiger partial charge on any atom is -0.465 e. The molecule has 0 saturated heterocycles. The number of carbonyl (C=O) groups excluding carboxylic acids is 1. The highest BCUT2D eigenvalue weighted by Gasteiger charge is 2.31. The number of nitriles is 1. The van der Waals surface area contributed by atoms with E-state index in [4.69, 9.17) is 16.3 Å². The molecule has 0 bridgehead atoms. The topological polar surface area (TPSA) is 87.9 Å². The minimum atomic E-state index is -4.51. The van der Waals surface area contributed by atoms with Crippen LogP contribution in [0, 0.1) is 11.3 Å². The van der Waals surface area contributed by atoms with Gasteiger partial charge in [-0.3, -0.25) is 9.78 Å². The number of amides is 1. The molecule has 1 N–H and O–H groups in total. The Labute approximate surface area is 219 Å². The Balaban J connectivity index is 0.00000235. The lowest BCUT2D eigenvalue weighted by atomic mass is 9.87. The predicted molar refractivity (Wildman–Crippen MR) is 135 cm³/mol. The Morgan fingerprint density at radius 1 is 1.11 bits per heavy atom. The van der Waals surface area contributed by atoms with E-state index in [0.29, 0.717) is 23.2 Å². The van der Waals surface area contributed by atoms with Gasteiger partial charge in [0.05, 0.1) is 22.2 Å². The molecule has 2 heterocycles. The van der Waals surface area contributed by atoms with Crippen molar-refractivity contribution in [1.82, 2.24) is 15.3 Å². The van der Waals surface area contributed by atoms with Gasteiger partial charge >= 0.3 is 6.18 Å². The second kappa shape index (κ2) is 13.6. The summed E-state index contributed by atoms with van der Waals surface area (Å²) in [5.74, 6) is -0.807. The summed E-state index contributed by atoms with van der Waals surface area (Å²) in [6.07, 6.45) is -2.87. The van der Waals surface area contributed by atoms with Gasteiger partial charge in [-0.2, -0.15) is 18.4 Å². The first-order valence-electron chi connectivity index (χ1n) is 11.7. The summed E-state index contributed by atoms with van der Waals surface area (Å²) in [5, 5.41) is 12.7. The molecule has 196 valence electrons. The molecule has 3 rings (SSSR count). The number of rotatable bonds is 8. The van der Waals surface area contributed by atoms with Crippen LogP contribution in [0.4, 0.5) is 13.2 Å². The van der Waals surface area contributed by atoms with Gasteiger partial charge in [-0.15, -0.1) is 0 Å². The third kappa shape index (κ3) is 8.76. The van der Waals surface area contributed by atoms with Gasteiger partial charge < -0.3 is 10.1 Å². The van der Waals surface area contributed by atoms with Crippen LogP contribution in [0.25, 0.3) is 0 Å². The van der Waals surface area contributed by atoms with Crippen molar-refractivity contribution < 1.29 is 22.7 Å². The molecule has 1 amide bonds. The summed E-state index contributed by atoms with van der Waals surface area (Å²) in [5.41, 5.74) is 1.17. The molecule has 0 spiro atoms. The zero-order valence-corrected chi connectivity index (χ0v) is 21.6. The van der Waals surface area contributed by atoms with Gasteiger partial charge in [0.25, 0.3) is 5.91 Å². The Hall–Kier alpha value is -3.64. The Morgan fingerprint density at radius 3 is 2.41 bits per heavy atom. The van der Waals surface area contributed by atoms with E-state index in [9.17, 15) is 23.2 Å². The molecule has 1 aromatic carbocycles. The van der Waals surface area contributed by atoms with Crippen molar-refractivity contribution >= 4 is 17.5 Å². The Morgan fingerprint density at radius 2 is 1.84 bits per heavy atom. The number of carbonyl (C=O) groups is 1. The van der Waals surface area contributed by atoms with Crippen LogP contribution in [-0.4, -0.2) is 28.0 Å². The third-order valence-electron chi connectivity index (χ3n) is 5.37. The van der Waals surface area contributed by atoms with Gasteiger partial charge in [0.15, 0.2) is 6.10 Å². The van der Waals surface area contributed by atoms with Gasteiger partial charge in [-0.05, 0) is 56.2 Å². The summed E-state index contributed by atoms with van der Waals surface area (Å²) in [6, 6.07) is 14.2. The first-order chi connectivity index (χ1) is 17.6. The van der Waals surface area contributed by atoms with Crippen molar-refractivity contribution in [2.24, 2.45) is 0 Å². The Bertz CT molecular complexity index is 1200. The number of hydrogen-bond donors (Lipinski definition) is 1. The lowest BCUT2D eigenvalue weighted by Crippen LogP contribution is -2.44. The number of nitrogens with zero attached hydrogens (tertiary/aromatic N) is 3. The maximum Gasteiger partial charge on any atom is 0.417 e. The zero-order chi connectivity index (χ0) is 27.6. The predicted octanol–water partition coefficient (Wildman–Crippen LogP) is 6.35. The van der Waals surface area contributed by atoms with E-state index in [1.54, 1.807) is 30.3 Å². The van der Waals surface area contributed by atoms with E-state index in [2.05, 4.69) is 21.4 Å². The van der Waals surface area contributed by atoms with Gasteiger partial charge in [0.2, 0.25) is 5.88 Å². The van der Waals surface area contributed by atoms with Crippen molar-refractivity contribution in [2.45, 2.75) is 58.4 Å². The van der Waals surface area contributed by atoms with Crippen LogP contribution in [0.5, 0.6) is 5.88 Å². The molecule has 0 aliphatic carbocycles. The number of pyridine rings is 2. The molecule has 37 heavy (non-hydrogen) atoms. The summed E-state index contributed by atoms with van der Waals surface area (Å²) < 4.78 is 43.6. The fourth-order valence-electron chi connectivity index (χ4n) is 3.47. The Kier molecular flexibility index (Phi) is 10.9. The first-order valence-corrected chi connectivity index (χ1v) is 12.1. The molecule has 0 aliphatic rings. The SMILES string of the molecule is CC.CC(Oc1ccc(C(F)(F)F)cn1)C(=O)NC(C)C(Cc1ccc(Cl)cn1)c1cccc(C#N)c1. The third-order valence-corrected chi connectivity index (χ3v) is 5.59. The molecule has 6 nitrogen and oxygen atoms in total. The highest BCUT2D eigenvalue weighted by molar-refractivity contribution is 6.30. The van der Waals surface area contributed by atoms with Crippen molar-refractivity contribution in [3.05, 3.63) is 88.3 Å². The van der Waals surface area contributed by atoms with E-state index in [-0.39, 0.29) is 11.8 Å².